The number of carbonyl (C=O) groups is 1. The molecule has 0 atom stereocenters. The van der Waals surface area contributed by atoms with Crippen molar-refractivity contribution in [3.63, 3.8) is 0 Å². The molecule has 1 aliphatic heterocycles. The number of hydrogen-bond acceptors (Lipinski definition) is 7. The van der Waals surface area contributed by atoms with Gasteiger partial charge in [-0.05, 0) is 30.0 Å². The van der Waals surface area contributed by atoms with Crippen molar-refractivity contribution in [2.75, 3.05) is 29.9 Å². The zero-order valence-corrected chi connectivity index (χ0v) is 17.5. The number of thiophene rings is 1. The summed E-state index contributed by atoms with van der Waals surface area (Å²) in [6.07, 6.45) is 1.13. The van der Waals surface area contributed by atoms with Crippen molar-refractivity contribution in [1.29, 1.82) is 0 Å². The van der Waals surface area contributed by atoms with Crippen LogP contribution in [0.1, 0.15) is 12.1 Å². The summed E-state index contributed by atoms with van der Waals surface area (Å²) in [6.45, 7) is 1.47. The third-order valence-electron chi connectivity index (χ3n) is 4.98. The van der Waals surface area contributed by atoms with Gasteiger partial charge < -0.3 is 4.90 Å². The lowest BCUT2D eigenvalue weighted by atomic mass is 10.2. The van der Waals surface area contributed by atoms with Gasteiger partial charge in [0.15, 0.2) is 11.6 Å². The Kier molecular flexibility index (Phi) is 4.73. The van der Waals surface area contributed by atoms with Crippen LogP contribution in [0.25, 0.3) is 21.6 Å². The Morgan fingerprint density at radius 3 is 2.59 bits per heavy atom. The number of thiazole rings is 1. The van der Waals surface area contributed by atoms with Gasteiger partial charge in [0.2, 0.25) is 5.91 Å². The van der Waals surface area contributed by atoms with Crippen molar-refractivity contribution in [2.45, 2.75) is 12.8 Å². The van der Waals surface area contributed by atoms with E-state index in [-0.39, 0.29) is 12.3 Å². The van der Waals surface area contributed by atoms with E-state index in [1.165, 1.54) is 0 Å². The minimum absolute atomic E-state index is 0.00768. The van der Waals surface area contributed by atoms with Crippen LogP contribution in [-0.4, -0.2) is 41.0 Å². The highest BCUT2D eigenvalue weighted by Crippen LogP contribution is 2.31. The van der Waals surface area contributed by atoms with Crippen LogP contribution in [0.2, 0.25) is 0 Å². The summed E-state index contributed by atoms with van der Waals surface area (Å²) < 4.78 is 0. The van der Waals surface area contributed by atoms with Crippen LogP contribution in [-0.2, 0) is 11.2 Å². The van der Waals surface area contributed by atoms with Gasteiger partial charge in [-0.3, -0.25) is 9.69 Å². The van der Waals surface area contributed by atoms with Crippen molar-refractivity contribution in [1.82, 2.24) is 15.0 Å². The predicted octanol–water partition coefficient (Wildman–Crippen LogP) is 4.23. The highest BCUT2D eigenvalue weighted by Gasteiger charge is 2.27. The van der Waals surface area contributed by atoms with Gasteiger partial charge in [-0.25, -0.2) is 15.0 Å². The molecular weight excluding hydrogens is 402 g/mol. The minimum Gasteiger partial charge on any atom is -0.357 e. The Morgan fingerprint density at radius 1 is 1.03 bits per heavy atom. The lowest BCUT2D eigenvalue weighted by Crippen LogP contribution is -2.33. The molecule has 0 radical (unpaired) electrons. The molecule has 4 heterocycles. The first-order chi connectivity index (χ1) is 14.2. The van der Waals surface area contributed by atoms with Crippen LogP contribution >= 0.6 is 22.7 Å². The highest BCUT2D eigenvalue weighted by molar-refractivity contribution is 7.14. The van der Waals surface area contributed by atoms with E-state index in [9.17, 15) is 4.79 Å². The Hall–Kier alpha value is -2.84. The summed E-state index contributed by atoms with van der Waals surface area (Å²) in [5.41, 5.74) is 3.55. The number of anilines is 2. The maximum Gasteiger partial charge on any atom is 0.234 e. The molecule has 29 heavy (non-hydrogen) atoms. The molecule has 1 amide bonds. The predicted molar refractivity (Wildman–Crippen MR) is 119 cm³/mol. The summed E-state index contributed by atoms with van der Waals surface area (Å²) in [5.74, 6) is 1.40. The van der Waals surface area contributed by atoms with Crippen molar-refractivity contribution in [3.8, 4) is 10.6 Å². The Balaban J connectivity index is 1.47. The number of hydrogen-bond donors (Lipinski definition) is 0. The Morgan fingerprint density at radius 2 is 1.83 bits per heavy atom. The normalized spacial score (nSPS) is 14.1. The third-order valence-corrected chi connectivity index (χ3v) is 6.60. The largest absolute Gasteiger partial charge is 0.357 e. The van der Waals surface area contributed by atoms with Gasteiger partial charge in [-0.2, -0.15) is 11.3 Å². The highest BCUT2D eigenvalue weighted by atomic mass is 32.1. The van der Waals surface area contributed by atoms with E-state index in [0.29, 0.717) is 12.4 Å². The van der Waals surface area contributed by atoms with E-state index >= 15 is 0 Å². The molecule has 0 aliphatic carbocycles. The minimum atomic E-state index is 0.00768. The van der Waals surface area contributed by atoms with Gasteiger partial charge in [0.25, 0.3) is 0 Å². The second-order valence-electron chi connectivity index (χ2n) is 7.01. The molecular formula is C21H19N5OS2. The van der Waals surface area contributed by atoms with Crippen LogP contribution in [0.4, 0.5) is 11.6 Å². The summed E-state index contributed by atoms with van der Waals surface area (Å²) in [7, 11) is 2.00. The van der Waals surface area contributed by atoms with E-state index in [4.69, 9.17) is 9.97 Å². The summed E-state index contributed by atoms with van der Waals surface area (Å²) in [6, 6.07) is 9.84. The SMILES string of the molecule is CN1CCCN(C(=O)Cc2csc(-c3ccsc3)n2)c2nc3ccccc3nc21. The smallest absolute Gasteiger partial charge is 0.234 e. The fourth-order valence-corrected chi connectivity index (χ4v) is 5.03. The molecule has 8 heteroatoms. The van der Waals surface area contributed by atoms with Crippen LogP contribution < -0.4 is 9.80 Å². The van der Waals surface area contributed by atoms with E-state index in [1.54, 1.807) is 27.6 Å². The number of nitrogens with zero attached hydrogens (tertiary/aromatic N) is 5. The lowest BCUT2D eigenvalue weighted by molar-refractivity contribution is -0.118. The number of aromatic nitrogens is 3. The van der Waals surface area contributed by atoms with E-state index < -0.39 is 0 Å². The number of para-hydroxylation sites is 2. The summed E-state index contributed by atoms with van der Waals surface area (Å²) in [4.78, 5) is 31.3. The zero-order chi connectivity index (χ0) is 19.8. The average molecular weight is 422 g/mol. The van der Waals surface area contributed by atoms with Crippen molar-refractivity contribution in [2.24, 2.45) is 0 Å². The van der Waals surface area contributed by atoms with Crippen LogP contribution in [0.15, 0.2) is 46.5 Å². The second-order valence-corrected chi connectivity index (χ2v) is 8.65. The van der Waals surface area contributed by atoms with Gasteiger partial charge in [-0.1, -0.05) is 12.1 Å². The molecule has 0 fully saturated rings. The number of benzene rings is 1. The van der Waals surface area contributed by atoms with Gasteiger partial charge in [0.1, 0.15) is 5.01 Å². The molecule has 4 aromatic rings. The molecule has 0 saturated carbocycles. The van der Waals surface area contributed by atoms with E-state index in [0.717, 1.165) is 46.1 Å². The average Bonchev–Trinajstić information content (AvgIpc) is 3.39. The first-order valence-corrected chi connectivity index (χ1v) is 11.3. The van der Waals surface area contributed by atoms with Crippen molar-refractivity contribution in [3.05, 3.63) is 52.2 Å². The first kappa shape index (κ1) is 18.2. The molecule has 3 aromatic heterocycles. The number of carbonyl (C=O) groups excluding carboxylic acids is 1. The standard InChI is InChI=1S/C21H19N5OS2/c1-25-8-4-9-26(20-19(25)23-16-5-2-3-6-17(16)24-20)18(27)11-15-13-29-21(22-15)14-7-10-28-12-14/h2-3,5-7,10,12-13H,4,8-9,11H2,1H3. The molecule has 0 spiro atoms. The van der Waals surface area contributed by atoms with Crippen LogP contribution in [0.3, 0.4) is 0 Å². The second kappa shape index (κ2) is 7.53. The molecule has 0 saturated heterocycles. The fourth-order valence-electron chi connectivity index (χ4n) is 3.50. The summed E-state index contributed by atoms with van der Waals surface area (Å²) in [5, 5.41) is 7.04. The zero-order valence-electron chi connectivity index (χ0n) is 15.9. The van der Waals surface area contributed by atoms with Gasteiger partial charge in [0.05, 0.1) is 23.1 Å². The maximum absolute atomic E-state index is 13.2. The monoisotopic (exact) mass is 421 g/mol. The van der Waals surface area contributed by atoms with Crippen LogP contribution in [0.5, 0.6) is 0 Å². The summed E-state index contributed by atoms with van der Waals surface area (Å²) >= 11 is 3.22. The number of fused-ring (bicyclic) bond motifs is 2. The van der Waals surface area contributed by atoms with Crippen molar-refractivity contribution < 1.29 is 4.79 Å². The molecule has 0 unspecified atom stereocenters. The van der Waals surface area contributed by atoms with Crippen LogP contribution in [0, 0.1) is 0 Å². The number of amides is 1. The Labute approximate surface area is 176 Å². The molecule has 6 nitrogen and oxygen atoms in total. The van der Waals surface area contributed by atoms with Gasteiger partial charge in [-0.15, -0.1) is 11.3 Å². The van der Waals surface area contributed by atoms with Crippen molar-refractivity contribution >= 4 is 51.2 Å². The van der Waals surface area contributed by atoms with Gasteiger partial charge in [0, 0.05) is 36.5 Å². The van der Waals surface area contributed by atoms with Gasteiger partial charge >= 0.3 is 0 Å². The first-order valence-electron chi connectivity index (χ1n) is 9.44. The molecule has 0 N–H and O–H groups in total. The molecule has 1 aliphatic rings. The molecule has 0 bridgehead atoms. The lowest BCUT2D eigenvalue weighted by Gasteiger charge is -2.22. The topological polar surface area (TPSA) is 62.2 Å². The maximum atomic E-state index is 13.2. The fraction of sp³-hybridized carbons (Fsp3) is 0.238. The molecule has 1 aromatic carbocycles. The van der Waals surface area contributed by atoms with E-state index in [2.05, 4.69) is 21.3 Å². The molecule has 146 valence electrons. The van der Waals surface area contributed by atoms with E-state index in [1.807, 2.05) is 42.1 Å². The third kappa shape index (κ3) is 3.49. The quantitative estimate of drug-likeness (QED) is 0.495. The Bertz CT molecular complexity index is 1170. The number of rotatable bonds is 3. The molecule has 5 rings (SSSR count).